The Morgan fingerprint density at radius 1 is 1.04 bits per heavy atom. The average Bonchev–Trinajstić information content (AvgIpc) is 3.15. The maximum atomic E-state index is 2.41. The molecule has 0 radical (unpaired) electrons. The summed E-state index contributed by atoms with van der Waals surface area (Å²) in [5, 5.41) is 5.24. The Morgan fingerprint density at radius 3 is 2.76 bits per heavy atom. The van der Waals surface area contributed by atoms with Crippen LogP contribution in [0.2, 0.25) is 0 Å². The van der Waals surface area contributed by atoms with Gasteiger partial charge in [-0.3, -0.25) is 0 Å². The lowest BCUT2D eigenvalue weighted by Crippen LogP contribution is -2.13. The van der Waals surface area contributed by atoms with Crippen molar-refractivity contribution >= 4 is 28.1 Å². The number of fused-ring (bicyclic) bond motifs is 4. The molecule has 0 saturated heterocycles. The fourth-order valence-electron chi connectivity index (χ4n) is 4.97. The van der Waals surface area contributed by atoms with Crippen LogP contribution >= 0.6 is 11.8 Å². The fraction of sp³-hybridized carbons (Fsp3) is 0.333. The van der Waals surface area contributed by atoms with Crippen LogP contribution in [0.1, 0.15) is 47.9 Å². The molecule has 126 valence electrons. The molecular formula is C24H24S. The number of aryl methyl sites for hydroxylation is 2. The van der Waals surface area contributed by atoms with Crippen LogP contribution in [0.3, 0.4) is 0 Å². The van der Waals surface area contributed by atoms with Gasteiger partial charge in [0.1, 0.15) is 0 Å². The van der Waals surface area contributed by atoms with Crippen LogP contribution in [-0.4, -0.2) is 5.75 Å². The van der Waals surface area contributed by atoms with Crippen LogP contribution in [-0.2, 0) is 6.42 Å². The third-order valence-corrected chi connectivity index (χ3v) is 7.18. The molecule has 3 aliphatic rings. The number of hydrogen-bond acceptors (Lipinski definition) is 1. The summed E-state index contributed by atoms with van der Waals surface area (Å²) >= 11 is 1.94. The molecule has 0 fully saturated rings. The first-order valence-electron chi connectivity index (χ1n) is 9.47. The lowest BCUT2D eigenvalue weighted by atomic mass is 9.75. The van der Waals surface area contributed by atoms with E-state index in [0.29, 0.717) is 11.8 Å². The van der Waals surface area contributed by atoms with E-state index in [9.17, 15) is 0 Å². The molecule has 2 aromatic rings. The van der Waals surface area contributed by atoms with Gasteiger partial charge in [-0.1, -0.05) is 55.0 Å². The summed E-state index contributed by atoms with van der Waals surface area (Å²) in [6.45, 7) is 4.66. The number of rotatable bonds is 1. The van der Waals surface area contributed by atoms with E-state index in [1.807, 2.05) is 11.8 Å². The minimum Gasteiger partial charge on any atom is -0.133 e. The Kier molecular flexibility index (Phi) is 3.67. The Morgan fingerprint density at radius 2 is 1.92 bits per heavy atom. The molecule has 2 atom stereocenters. The highest BCUT2D eigenvalue weighted by molar-refractivity contribution is 8.02. The molecule has 0 saturated carbocycles. The van der Waals surface area contributed by atoms with E-state index in [2.05, 4.69) is 61.7 Å². The van der Waals surface area contributed by atoms with Crippen molar-refractivity contribution in [3.05, 3.63) is 75.7 Å². The van der Waals surface area contributed by atoms with Gasteiger partial charge in [-0.25, -0.2) is 0 Å². The predicted molar refractivity (Wildman–Crippen MR) is 111 cm³/mol. The van der Waals surface area contributed by atoms with Crippen molar-refractivity contribution in [2.24, 2.45) is 5.92 Å². The predicted octanol–water partition coefficient (Wildman–Crippen LogP) is 6.79. The summed E-state index contributed by atoms with van der Waals surface area (Å²) in [6.07, 6.45) is 10.8. The highest BCUT2D eigenvalue weighted by atomic mass is 32.2. The topological polar surface area (TPSA) is 0 Å². The highest BCUT2D eigenvalue weighted by Gasteiger charge is 2.25. The minimum atomic E-state index is 0.569. The van der Waals surface area contributed by atoms with E-state index >= 15 is 0 Å². The first-order valence-corrected chi connectivity index (χ1v) is 10.5. The first-order chi connectivity index (χ1) is 12.2. The fourth-order valence-corrected chi connectivity index (χ4v) is 5.86. The van der Waals surface area contributed by atoms with Crippen LogP contribution in [0.25, 0.3) is 16.3 Å². The monoisotopic (exact) mass is 344 g/mol. The number of benzene rings is 2. The molecule has 2 aromatic carbocycles. The van der Waals surface area contributed by atoms with E-state index in [0.717, 1.165) is 0 Å². The van der Waals surface area contributed by atoms with Gasteiger partial charge in [0.15, 0.2) is 0 Å². The highest BCUT2D eigenvalue weighted by Crippen LogP contribution is 2.44. The van der Waals surface area contributed by atoms with Gasteiger partial charge in [0.25, 0.3) is 0 Å². The summed E-state index contributed by atoms with van der Waals surface area (Å²) in [5.74, 6) is 2.46. The molecule has 25 heavy (non-hydrogen) atoms. The van der Waals surface area contributed by atoms with Gasteiger partial charge in [-0.2, -0.15) is 0 Å². The summed E-state index contributed by atoms with van der Waals surface area (Å²) in [7, 11) is 0. The van der Waals surface area contributed by atoms with Gasteiger partial charge in [0.05, 0.1) is 0 Å². The second-order valence-electron chi connectivity index (χ2n) is 7.73. The molecular weight excluding hydrogens is 320 g/mol. The summed E-state index contributed by atoms with van der Waals surface area (Å²) < 4.78 is 0. The van der Waals surface area contributed by atoms with Crippen molar-refractivity contribution in [1.29, 1.82) is 0 Å². The van der Waals surface area contributed by atoms with Crippen LogP contribution in [0.5, 0.6) is 0 Å². The molecule has 0 amide bonds. The zero-order valence-corrected chi connectivity index (χ0v) is 15.8. The molecule has 2 aliphatic carbocycles. The van der Waals surface area contributed by atoms with E-state index < -0.39 is 0 Å². The molecule has 2 unspecified atom stereocenters. The minimum absolute atomic E-state index is 0.569. The Hall–Kier alpha value is -1.73. The summed E-state index contributed by atoms with van der Waals surface area (Å²) in [5.41, 5.74) is 9.24. The second kappa shape index (κ2) is 5.92. The first kappa shape index (κ1) is 15.5. The zero-order valence-electron chi connectivity index (χ0n) is 15.0. The van der Waals surface area contributed by atoms with Crippen LogP contribution in [0.15, 0.2) is 53.5 Å². The largest absolute Gasteiger partial charge is 0.133 e. The number of hydrogen-bond donors (Lipinski definition) is 0. The maximum Gasteiger partial charge on any atom is 0.0129 e. The number of allylic oxidation sites excluding steroid dienone is 5. The van der Waals surface area contributed by atoms with E-state index in [1.54, 1.807) is 16.7 Å². The molecule has 0 bridgehead atoms. The molecule has 1 heterocycles. The quantitative estimate of drug-likeness (QED) is 0.549. The second-order valence-corrected chi connectivity index (χ2v) is 8.67. The molecule has 1 heteroatoms. The van der Waals surface area contributed by atoms with Gasteiger partial charge in [-0.15, -0.1) is 11.8 Å². The van der Waals surface area contributed by atoms with E-state index in [4.69, 9.17) is 0 Å². The normalized spacial score (nSPS) is 24.7. The van der Waals surface area contributed by atoms with Crippen molar-refractivity contribution in [3.8, 4) is 0 Å². The SMILES string of the molecule is Cc1ccc2c3c(ccc2c1C1C=CSC1)C1=C(CC3)C(C)CC=C1. The molecule has 1 aliphatic heterocycles. The van der Waals surface area contributed by atoms with Gasteiger partial charge in [0.2, 0.25) is 0 Å². The summed E-state index contributed by atoms with van der Waals surface area (Å²) in [4.78, 5) is 0. The summed E-state index contributed by atoms with van der Waals surface area (Å²) in [6, 6.07) is 9.53. The van der Waals surface area contributed by atoms with E-state index in [-0.39, 0.29) is 0 Å². The van der Waals surface area contributed by atoms with Gasteiger partial charge >= 0.3 is 0 Å². The van der Waals surface area contributed by atoms with Crippen molar-refractivity contribution < 1.29 is 0 Å². The Bertz CT molecular complexity index is 958. The van der Waals surface area contributed by atoms with Crippen molar-refractivity contribution in [2.45, 2.75) is 39.0 Å². The molecule has 5 rings (SSSR count). The van der Waals surface area contributed by atoms with Crippen LogP contribution in [0, 0.1) is 12.8 Å². The third-order valence-electron chi connectivity index (χ3n) is 6.28. The van der Waals surface area contributed by atoms with Crippen molar-refractivity contribution in [1.82, 2.24) is 0 Å². The van der Waals surface area contributed by atoms with Crippen molar-refractivity contribution in [2.75, 3.05) is 5.75 Å². The van der Waals surface area contributed by atoms with Crippen LogP contribution in [0.4, 0.5) is 0 Å². The zero-order chi connectivity index (χ0) is 17.0. The number of thioether (sulfide) groups is 1. The lowest BCUT2D eigenvalue weighted by Gasteiger charge is -2.29. The van der Waals surface area contributed by atoms with Crippen LogP contribution < -0.4 is 0 Å². The molecule has 0 nitrogen and oxygen atoms in total. The van der Waals surface area contributed by atoms with Gasteiger partial charge in [-0.05, 0) is 76.1 Å². The molecule has 0 aromatic heterocycles. The molecule has 0 spiro atoms. The third kappa shape index (κ3) is 2.36. The lowest BCUT2D eigenvalue weighted by molar-refractivity contribution is 0.645. The standard InChI is InChI=1S/C24H24S/c1-15-4-3-5-19-18(15)8-9-21-20(19)10-11-23-22(21)7-6-16(2)24(23)17-12-13-25-14-17/h3,5-7,10-13,15,17H,4,8-9,14H2,1-2H3. The van der Waals surface area contributed by atoms with Gasteiger partial charge < -0.3 is 0 Å². The average molecular weight is 345 g/mol. The van der Waals surface area contributed by atoms with E-state index in [1.165, 1.54) is 52.5 Å². The van der Waals surface area contributed by atoms with Gasteiger partial charge in [0, 0.05) is 11.7 Å². The van der Waals surface area contributed by atoms with Crippen molar-refractivity contribution in [3.63, 3.8) is 0 Å². The maximum absolute atomic E-state index is 2.41. The molecule has 0 N–H and O–H groups in total. The Labute approximate surface area is 154 Å². The Balaban J connectivity index is 1.75. The smallest absolute Gasteiger partial charge is 0.0129 e.